The summed E-state index contributed by atoms with van der Waals surface area (Å²) in [6.07, 6.45) is 0. The molecule has 3 aromatic rings. The number of rotatable bonds is 7. The van der Waals surface area contributed by atoms with Crippen molar-refractivity contribution in [3.05, 3.63) is 95.6 Å². The van der Waals surface area contributed by atoms with E-state index in [2.05, 4.69) is 10.0 Å². The number of nitrogens with one attached hydrogen (secondary N) is 2. The molecule has 3 aromatic carbocycles. The minimum absolute atomic E-state index is 0.0244. The van der Waals surface area contributed by atoms with Crippen LogP contribution in [0.4, 0.5) is 5.69 Å². The number of anilines is 1. The smallest absolute Gasteiger partial charge is 0.335 e. The number of benzene rings is 3. The van der Waals surface area contributed by atoms with E-state index in [4.69, 9.17) is 5.11 Å². The lowest BCUT2D eigenvalue weighted by Gasteiger charge is -2.17. The topological polar surface area (TPSA) is 113 Å². The number of sulfonamides is 1. The Morgan fingerprint density at radius 2 is 1.47 bits per heavy atom. The molecule has 0 aliphatic heterocycles. The zero-order chi connectivity index (χ0) is 21.7. The zero-order valence-electron chi connectivity index (χ0n) is 16.1. The Kier molecular flexibility index (Phi) is 6.17. The molecular formula is C22H20N2O5S. The second-order valence-corrected chi connectivity index (χ2v) is 8.27. The maximum Gasteiger partial charge on any atom is 0.335 e. The van der Waals surface area contributed by atoms with Crippen molar-refractivity contribution in [3.8, 4) is 0 Å². The highest BCUT2D eigenvalue weighted by Gasteiger charge is 2.20. The van der Waals surface area contributed by atoms with Gasteiger partial charge in [0, 0.05) is 0 Å². The van der Waals surface area contributed by atoms with E-state index in [0.29, 0.717) is 0 Å². The summed E-state index contributed by atoms with van der Waals surface area (Å²) in [6, 6.07) is 20.2. The quantitative estimate of drug-likeness (QED) is 0.536. The summed E-state index contributed by atoms with van der Waals surface area (Å²) >= 11 is 0. The van der Waals surface area contributed by atoms with E-state index in [1.54, 1.807) is 12.1 Å². The van der Waals surface area contributed by atoms with E-state index in [-0.39, 0.29) is 27.8 Å². The first-order valence-corrected chi connectivity index (χ1v) is 10.6. The first-order valence-electron chi connectivity index (χ1n) is 9.09. The lowest BCUT2D eigenvalue weighted by molar-refractivity contribution is 0.0696. The Labute approximate surface area is 174 Å². The summed E-state index contributed by atoms with van der Waals surface area (Å²) in [7, 11) is -4.02. The van der Waals surface area contributed by atoms with Gasteiger partial charge in [0.05, 0.1) is 27.8 Å². The van der Waals surface area contributed by atoms with Crippen LogP contribution in [0, 0.1) is 0 Å². The fourth-order valence-electron chi connectivity index (χ4n) is 2.85. The van der Waals surface area contributed by atoms with Crippen LogP contribution in [0.1, 0.15) is 39.2 Å². The van der Waals surface area contributed by atoms with Gasteiger partial charge in [-0.2, -0.15) is 0 Å². The standard InChI is InChI=1S/C22H20N2O5S/c1-15(16-7-3-2-4-8-16)23-21(25)19-9-5-6-10-20(19)24-30(28,29)18-13-11-17(12-14-18)22(26)27/h2-15,24H,1H3,(H,23,25)(H,26,27). The van der Waals surface area contributed by atoms with Gasteiger partial charge in [0.15, 0.2) is 0 Å². The molecule has 0 radical (unpaired) electrons. The van der Waals surface area contributed by atoms with Gasteiger partial charge in [-0.25, -0.2) is 13.2 Å². The van der Waals surface area contributed by atoms with Gasteiger partial charge < -0.3 is 10.4 Å². The molecule has 1 unspecified atom stereocenters. The minimum atomic E-state index is -4.02. The summed E-state index contributed by atoms with van der Waals surface area (Å²) in [5, 5.41) is 11.8. The normalized spacial score (nSPS) is 12.0. The molecule has 0 bridgehead atoms. The van der Waals surface area contributed by atoms with Crippen LogP contribution in [-0.2, 0) is 10.0 Å². The minimum Gasteiger partial charge on any atom is -0.478 e. The number of amides is 1. The zero-order valence-corrected chi connectivity index (χ0v) is 16.9. The summed E-state index contributed by atoms with van der Waals surface area (Å²) in [5.41, 5.74) is 1.19. The highest BCUT2D eigenvalue weighted by molar-refractivity contribution is 7.92. The van der Waals surface area contributed by atoms with Crippen molar-refractivity contribution in [3.63, 3.8) is 0 Å². The van der Waals surface area contributed by atoms with Crippen LogP contribution in [0.2, 0.25) is 0 Å². The van der Waals surface area contributed by atoms with Gasteiger partial charge in [-0.05, 0) is 48.9 Å². The summed E-state index contributed by atoms with van der Waals surface area (Å²) in [5.74, 6) is -1.58. The molecule has 0 saturated heterocycles. The molecule has 30 heavy (non-hydrogen) atoms. The van der Waals surface area contributed by atoms with Crippen molar-refractivity contribution in [2.45, 2.75) is 17.9 Å². The van der Waals surface area contributed by atoms with Gasteiger partial charge in [0.1, 0.15) is 0 Å². The Balaban J connectivity index is 1.82. The van der Waals surface area contributed by atoms with Crippen LogP contribution in [0.3, 0.4) is 0 Å². The Hall–Kier alpha value is -3.65. The molecule has 0 saturated carbocycles. The van der Waals surface area contributed by atoms with E-state index in [0.717, 1.165) is 5.56 Å². The molecule has 1 amide bonds. The van der Waals surface area contributed by atoms with Crippen molar-refractivity contribution in [1.29, 1.82) is 0 Å². The highest BCUT2D eigenvalue weighted by atomic mass is 32.2. The monoisotopic (exact) mass is 424 g/mol. The SMILES string of the molecule is CC(NC(=O)c1ccccc1NS(=O)(=O)c1ccc(C(=O)O)cc1)c1ccccc1. The molecular weight excluding hydrogens is 404 g/mol. The number of carbonyl (C=O) groups is 2. The lowest BCUT2D eigenvalue weighted by Crippen LogP contribution is -2.28. The van der Waals surface area contributed by atoms with E-state index in [1.807, 2.05) is 37.3 Å². The van der Waals surface area contributed by atoms with Crippen molar-refractivity contribution in [2.24, 2.45) is 0 Å². The summed E-state index contributed by atoms with van der Waals surface area (Å²) in [6.45, 7) is 1.84. The van der Waals surface area contributed by atoms with Crippen molar-refractivity contribution in [1.82, 2.24) is 5.32 Å². The van der Waals surface area contributed by atoms with Gasteiger partial charge in [-0.3, -0.25) is 9.52 Å². The van der Waals surface area contributed by atoms with Crippen LogP contribution >= 0.6 is 0 Å². The molecule has 0 aliphatic rings. The number of carbonyl (C=O) groups excluding carboxylic acids is 1. The van der Waals surface area contributed by atoms with Crippen LogP contribution < -0.4 is 10.0 Å². The average Bonchev–Trinajstić information content (AvgIpc) is 2.74. The fourth-order valence-corrected chi connectivity index (χ4v) is 3.93. The van der Waals surface area contributed by atoms with Crippen LogP contribution in [0.25, 0.3) is 0 Å². The van der Waals surface area contributed by atoms with Gasteiger partial charge in [-0.1, -0.05) is 42.5 Å². The molecule has 1 atom stereocenters. The Bertz CT molecular complexity index is 1160. The molecule has 0 heterocycles. The second kappa shape index (κ2) is 8.79. The molecule has 0 aliphatic carbocycles. The van der Waals surface area contributed by atoms with Crippen LogP contribution in [0.15, 0.2) is 83.8 Å². The predicted molar refractivity (Wildman–Crippen MR) is 113 cm³/mol. The third-order valence-electron chi connectivity index (χ3n) is 4.47. The molecule has 0 fully saturated rings. The van der Waals surface area contributed by atoms with Gasteiger partial charge in [-0.15, -0.1) is 0 Å². The molecule has 0 aromatic heterocycles. The first kappa shape index (κ1) is 21.1. The van der Waals surface area contributed by atoms with Crippen LogP contribution in [-0.4, -0.2) is 25.4 Å². The lowest BCUT2D eigenvalue weighted by atomic mass is 10.1. The largest absolute Gasteiger partial charge is 0.478 e. The number of para-hydroxylation sites is 1. The summed E-state index contributed by atoms with van der Waals surface area (Å²) < 4.78 is 27.8. The number of hydrogen-bond acceptors (Lipinski definition) is 4. The maximum absolute atomic E-state index is 12.8. The molecule has 3 rings (SSSR count). The molecule has 0 spiro atoms. The van der Waals surface area contributed by atoms with E-state index in [1.165, 1.54) is 36.4 Å². The van der Waals surface area contributed by atoms with Crippen molar-refractivity contribution >= 4 is 27.6 Å². The maximum atomic E-state index is 12.8. The number of hydrogen-bond donors (Lipinski definition) is 3. The second-order valence-electron chi connectivity index (χ2n) is 6.59. The van der Waals surface area contributed by atoms with Gasteiger partial charge in [0.2, 0.25) is 0 Å². The predicted octanol–water partition coefficient (Wildman–Crippen LogP) is 3.68. The van der Waals surface area contributed by atoms with E-state index >= 15 is 0 Å². The number of aromatic carboxylic acids is 1. The highest BCUT2D eigenvalue weighted by Crippen LogP contribution is 2.22. The van der Waals surface area contributed by atoms with Gasteiger partial charge in [0.25, 0.3) is 15.9 Å². The molecule has 3 N–H and O–H groups in total. The fraction of sp³-hybridized carbons (Fsp3) is 0.0909. The van der Waals surface area contributed by atoms with Crippen molar-refractivity contribution < 1.29 is 23.1 Å². The van der Waals surface area contributed by atoms with Gasteiger partial charge >= 0.3 is 5.97 Å². The summed E-state index contributed by atoms with van der Waals surface area (Å²) in [4.78, 5) is 23.6. The molecule has 8 heteroatoms. The Morgan fingerprint density at radius 3 is 2.10 bits per heavy atom. The number of carboxylic acids is 1. The van der Waals surface area contributed by atoms with E-state index < -0.39 is 21.9 Å². The molecule has 7 nitrogen and oxygen atoms in total. The number of carboxylic acid groups (broad SMARTS) is 1. The molecule has 154 valence electrons. The first-order chi connectivity index (χ1) is 14.3. The van der Waals surface area contributed by atoms with E-state index in [9.17, 15) is 18.0 Å². The Morgan fingerprint density at radius 1 is 0.867 bits per heavy atom. The van der Waals surface area contributed by atoms with Crippen LogP contribution in [0.5, 0.6) is 0 Å². The average molecular weight is 424 g/mol. The third kappa shape index (κ3) is 4.84. The van der Waals surface area contributed by atoms with Crippen molar-refractivity contribution in [2.75, 3.05) is 4.72 Å². The third-order valence-corrected chi connectivity index (χ3v) is 5.86.